The molecule has 3 unspecified atom stereocenters. The molecule has 0 saturated heterocycles. The van der Waals surface area contributed by atoms with E-state index in [2.05, 4.69) is 0 Å². The van der Waals surface area contributed by atoms with E-state index in [9.17, 15) is 5.11 Å². The van der Waals surface area contributed by atoms with Crippen LogP contribution in [0.15, 0.2) is 0 Å². The molecule has 2 rings (SSSR count). The van der Waals surface area contributed by atoms with Crippen LogP contribution in [-0.4, -0.2) is 22.9 Å². The molecule has 0 aliphatic heterocycles. The number of hydrogen-bond donors (Lipinski definition) is 2. The van der Waals surface area contributed by atoms with Crippen molar-refractivity contribution in [1.29, 1.82) is 0 Å². The van der Waals surface area contributed by atoms with Crippen LogP contribution in [0.3, 0.4) is 0 Å². The van der Waals surface area contributed by atoms with E-state index in [0.717, 1.165) is 6.42 Å². The molecule has 0 aromatic rings. The average molecular weight is 258 g/mol. The van der Waals surface area contributed by atoms with Gasteiger partial charge in [0, 0.05) is 6.79 Å². The van der Waals surface area contributed by atoms with E-state index >= 15 is 0 Å². The van der Waals surface area contributed by atoms with Crippen LogP contribution in [0.4, 0.5) is 0 Å². The molecule has 0 bridgehead atoms. The molecular weight excluding hydrogens is 243 g/mol. The van der Waals surface area contributed by atoms with Crippen molar-refractivity contribution in [3.63, 3.8) is 0 Å². The summed E-state index contributed by atoms with van der Waals surface area (Å²) in [6.07, 6.45) is 0.886. The van der Waals surface area contributed by atoms with E-state index in [1.165, 1.54) is 0 Å². The van der Waals surface area contributed by atoms with E-state index in [1.807, 2.05) is 0 Å². The predicted octanol–water partition coefficient (Wildman–Crippen LogP) is 0.758. The maximum Gasteiger partial charge on any atom is 0.0621 e. The van der Waals surface area contributed by atoms with Crippen molar-refractivity contribution in [2.24, 2.45) is 11.3 Å². The first-order chi connectivity index (χ1) is 4.70. The summed E-state index contributed by atoms with van der Waals surface area (Å²) in [6, 6.07) is 0. The Morgan fingerprint density at radius 1 is 1.70 bits per heavy atom. The number of halogens is 1. The summed E-state index contributed by atoms with van der Waals surface area (Å²) in [5.74, 6) is 0.285. The van der Waals surface area contributed by atoms with Crippen molar-refractivity contribution in [1.82, 2.24) is 0 Å². The summed E-state index contributed by atoms with van der Waals surface area (Å²) in [7, 11) is 0. The molecule has 10 heavy (non-hydrogen) atoms. The van der Waals surface area contributed by atoms with Crippen LogP contribution in [0.1, 0.15) is 20.6 Å². The van der Waals surface area contributed by atoms with E-state index in [4.69, 9.17) is 6.48 Å². The number of hydrogen-bond acceptors (Lipinski definition) is 2. The summed E-state index contributed by atoms with van der Waals surface area (Å²) >= 11 is 0. The minimum atomic E-state index is -0.412. The second-order valence-corrected chi connectivity index (χ2v) is 3.19. The number of aliphatic hydroxyl groups excluding tert-OH is 2. The fraction of sp³-hybridized carbons (Fsp3) is 1.00. The van der Waals surface area contributed by atoms with E-state index in [1.54, 1.807) is 0 Å². The highest BCUT2D eigenvalue weighted by Crippen LogP contribution is 2.62. The van der Waals surface area contributed by atoms with Gasteiger partial charge in [-0.2, -0.15) is 0 Å². The Morgan fingerprint density at radius 3 is 2.60 bits per heavy atom. The van der Waals surface area contributed by atoms with Gasteiger partial charge in [0.1, 0.15) is 0 Å². The van der Waals surface area contributed by atoms with Crippen LogP contribution >= 0.6 is 24.0 Å². The van der Waals surface area contributed by atoms with Crippen molar-refractivity contribution in [2.75, 3.05) is 6.61 Å². The van der Waals surface area contributed by atoms with E-state index in [-0.39, 0.29) is 48.3 Å². The molecular formula is C7H13IO2. The summed E-state index contributed by atoms with van der Waals surface area (Å²) in [5, 5.41) is 18.3. The SMILES string of the molecule is I.[3H]C1CC(O)[C@]2(CO)CC12. The van der Waals surface area contributed by atoms with Crippen LogP contribution < -0.4 is 0 Å². The molecule has 2 saturated carbocycles. The van der Waals surface area contributed by atoms with Gasteiger partial charge in [-0.05, 0) is 25.2 Å². The monoisotopic (exact) mass is 258 g/mol. The van der Waals surface area contributed by atoms with Gasteiger partial charge in [0.2, 0.25) is 0 Å². The van der Waals surface area contributed by atoms with Gasteiger partial charge < -0.3 is 10.2 Å². The van der Waals surface area contributed by atoms with E-state index in [0.29, 0.717) is 6.42 Å². The second-order valence-electron chi connectivity index (χ2n) is 3.19. The summed E-state index contributed by atoms with van der Waals surface area (Å²) in [6.45, 7) is 0.0637. The Balaban J connectivity index is 0.000000605. The maximum atomic E-state index is 9.38. The van der Waals surface area contributed by atoms with Crippen LogP contribution in [0.5, 0.6) is 0 Å². The van der Waals surface area contributed by atoms with E-state index < -0.39 is 6.10 Å². The normalized spacial score (nSPS) is 58.6. The number of fused-ring (bicyclic) bond motifs is 1. The third-order valence-electron chi connectivity index (χ3n) is 2.78. The molecule has 0 radical (unpaired) electrons. The fourth-order valence-electron chi connectivity index (χ4n) is 1.87. The average Bonchev–Trinajstić information content (AvgIpc) is 2.57. The molecule has 3 heteroatoms. The highest BCUT2D eigenvalue weighted by molar-refractivity contribution is 14.0. The van der Waals surface area contributed by atoms with Crippen LogP contribution in [0.25, 0.3) is 0 Å². The van der Waals surface area contributed by atoms with Crippen molar-refractivity contribution in [2.45, 2.75) is 25.3 Å². The summed E-state index contributed by atoms with van der Waals surface area (Å²) in [4.78, 5) is 0. The molecule has 2 aliphatic rings. The third kappa shape index (κ3) is 0.905. The molecule has 2 N–H and O–H groups in total. The van der Waals surface area contributed by atoms with Gasteiger partial charge in [0.15, 0.2) is 0 Å². The molecule has 0 spiro atoms. The minimum absolute atomic E-state index is 0. The first-order valence-electron chi connectivity index (χ1n) is 3.99. The highest BCUT2D eigenvalue weighted by Gasteiger charge is 2.61. The molecule has 0 heterocycles. The first-order valence-corrected chi connectivity index (χ1v) is 3.42. The zero-order valence-corrected chi connectivity index (χ0v) is 7.99. The van der Waals surface area contributed by atoms with Crippen molar-refractivity contribution in [3.05, 3.63) is 0 Å². The van der Waals surface area contributed by atoms with Crippen molar-refractivity contribution in [3.8, 4) is 0 Å². The van der Waals surface area contributed by atoms with Crippen molar-refractivity contribution < 1.29 is 11.6 Å². The predicted molar refractivity (Wildman–Crippen MR) is 48.3 cm³/mol. The lowest BCUT2D eigenvalue weighted by Gasteiger charge is -2.13. The first kappa shape index (κ1) is 7.31. The summed E-state index contributed by atoms with van der Waals surface area (Å²) in [5.41, 5.74) is -0.244. The molecule has 2 nitrogen and oxygen atoms in total. The Kier molecular flexibility index (Phi) is 1.90. The Bertz CT molecular complexity index is 163. The van der Waals surface area contributed by atoms with Crippen LogP contribution in [-0.2, 0) is 0 Å². The van der Waals surface area contributed by atoms with Gasteiger partial charge in [0.05, 0.1) is 12.7 Å². The maximum absolute atomic E-state index is 9.38. The van der Waals surface area contributed by atoms with Gasteiger partial charge in [-0.25, -0.2) is 0 Å². The minimum Gasteiger partial charge on any atom is -0.396 e. The Morgan fingerprint density at radius 2 is 2.40 bits per heavy atom. The highest BCUT2D eigenvalue weighted by atomic mass is 127. The van der Waals surface area contributed by atoms with Gasteiger partial charge >= 0.3 is 0 Å². The lowest BCUT2D eigenvalue weighted by atomic mass is 10.0. The summed E-state index contributed by atoms with van der Waals surface area (Å²) < 4.78 is 7.47. The molecule has 0 amide bonds. The molecule has 0 aromatic heterocycles. The fourth-order valence-corrected chi connectivity index (χ4v) is 1.87. The zero-order valence-electron chi connectivity index (χ0n) is 6.66. The van der Waals surface area contributed by atoms with Crippen LogP contribution in [0, 0.1) is 11.3 Å². The molecule has 2 aliphatic carbocycles. The topological polar surface area (TPSA) is 40.5 Å². The van der Waals surface area contributed by atoms with Gasteiger partial charge in [0.25, 0.3) is 0 Å². The number of rotatable bonds is 1. The van der Waals surface area contributed by atoms with Crippen molar-refractivity contribution >= 4 is 24.0 Å². The third-order valence-corrected chi connectivity index (χ3v) is 2.78. The van der Waals surface area contributed by atoms with Gasteiger partial charge in [-0.3, -0.25) is 0 Å². The molecule has 2 fully saturated rings. The Hall–Kier alpha value is 0.650. The molecule has 4 atom stereocenters. The standard InChI is InChI=1S/C7H12O2.HI/c8-4-7-3-5(7)1-2-6(7)9;/h5-6,8-9H,1-4H2;1H/t5?,6?,7-;/m0./s1/i1T;/t1?,5?,6?,7-;. The van der Waals surface area contributed by atoms with Crippen LogP contribution in [0.2, 0.25) is 0 Å². The van der Waals surface area contributed by atoms with Gasteiger partial charge in [-0.1, -0.05) is 0 Å². The lowest BCUT2D eigenvalue weighted by Crippen LogP contribution is -2.22. The second kappa shape index (κ2) is 2.60. The number of aliphatic hydroxyl groups is 2. The van der Waals surface area contributed by atoms with Gasteiger partial charge in [-0.15, -0.1) is 24.0 Å². The smallest absolute Gasteiger partial charge is 0.0621 e. The lowest BCUT2D eigenvalue weighted by molar-refractivity contribution is 0.0612. The molecule has 60 valence electrons. The Labute approximate surface area is 79.1 Å². The largest absolute Gasteiger partial charge is 0.396 e. The zero-order chi connectivity index (χ0) is 7.35. The quantitative estimate of drug-likeness (QED) is 0.682. The molecule has 0 aromatic carbocycles.